The predicted octanol–water partition coefficient (Wildman–Crippen LogP) is 2.38. The third-order valence-corrected chi connectivity index (χ3v) is 5.55. The lowest BCUT2D eigenvalue weighted by Gasteiger charge is -2.08. The number of carbonyl (C=O) groups is 1. The Bertz CT molecular complexity index is 987. The summed E-state index contributed by atoms with van der Waals surface area (Å²) in [6, 6.07) is 11.3. The highest BCUT2D eigenvalue weighted by molar-refractivity contribution is 7.89. The summed E-state index contributed by atoms with van der Waals surface area (Å²) < 4.78 is 42.3. The molecule has 0 saturated carbocycles. The van der Waals surface area contributed by atoms with Gasteiger partial charge in [-0.3, -0.25) is 4.79 Å². The minimum absolute atomic E-state index is 0.129. The monoisotopic (exact) mass is 418 g/mol. The van der Waals surface area contributed by atoms with Crippen molar-refractivity contribution >= 4 is 27.7 Å². The normalized spacial score (nSPS) is 13.0. The number of amides is 1. The van der Waals surface area contributed by atoms with Crippen LogP contribution in [-0.2, 0) is 19.6 Å². The van der Waals surface area contributed by atoms with E-state index in [0.717, 1.165) is 5.56 Å². The standard InChI is InChI=1S/C20H22N2O6S/c1-26-12-2-11-21-29(24,25)17-7-5-16(6-8-17)22-20(23)10-4-15-3-9-18-19(13-15)28-14-27-18/h3-10,13,21H,2,11-12,14H2,1H3,(H,22,23)/b10-4+. The molecule has 29 heavy (non-hydrogen) atoms. The maximum atomic E-state index is 12.2. The Balaban J connectivity index is 1.55. The summed E-state index contributed by atoms with van der Waals surface area (Å²) in [6.07, 6.45) is 3.62. The van der Waals surface area contributed by atoms with E-state index in [1.54, 1.807) is 25.3 Å². The zero-order valence-electron chi connectivity index (χ0n) is 15.9. The fraction of sp³-hybridized carbons (Fsp3) is 0.250. The Hall–Kier alpha value is -2.88. The Morgan fingerprint density at radius 2 is 1.90 bits per heavy atom. The van der Waals surface area contributed by atoms with E-state index in [2.05, 4.69) is 10.0 Å². The van der Waals surface area contributed by atoms with Crippen LogP contribution in [0.2, 0.25) is 0 Å². The highest BCUT2D eigenvalue weighted by Gasteiger charge is 2.14. The van der Waals surface area contributed by atoms with Gasteiger partial charge in [0.25, 0.3) is 0 Å². The Kier molecular flexibility index (Phi) is 6.86. The smallest absolute Gasteiger partial charge is 0.248 e. The van der Waals surface area contributed by atoms with Gasteiger partial charge in [0.05, 0.1) is 4.90 Å². The molecular weight excluding hydrogens is 396 g/mol. The molecule has 0 aromatic heterocycles. The molecule has 2 N–H and O–H groups in total. The molecule has 0 aliphatic carbocycles. The molecule has 0 radical (unpaired) electrons. The van der Waals surface area contributed by atoms with E-state index in [4.69, 9.17) is 14.2 Å². The molecular formula is C20H22N2O6S. The van der Waals surface area contributed by atoms with Crippen molar-refractivity contribution < 1.29 is 27.4 Å². The van der Waals surface area contributed by atoms with Gasteiger partial charge in [0.1, 0.15) is 0 Å². The van der Waals surface area contributed by atoms with Crippen molar-refractivity contribution in [1.82, 2.24) is 4.72 Å². The van der Waals surface area contributed by atoms with Crippen LogP contribution in [0.25, 0.3) is 6.08 Å². The highest BCUT2D eigenvalue weighted by atomic mass is 32.2. The summed E-state index contributed by atoms with van der Waals surface area (Å²) in [6.45, 7) is 0.962. The molecule has 154 valence electrons. The van der Waals surface area contributed by atoms with E-state index < -0.39 is 10.0 Å². The predicted molar refractivity (Wildman–Crippen MR) is 108 cm³/mol. The average Bonchev–Trinajstić information content (AvgIpc) is 3.18. The van der Waals surface area contributed by atoms with Crippen LogP contribution in [0.1, 0.15) is 12.0 Å². The number of anilines is 1. The first-order valence-corrected chi connectivity index (χ1v) is 10.4. The number of nitrogens with one attached hydrogen (secondary N) is 2. The summed E-state index contributed by atoms with van der Waals surface area (Å²) >= 11 is 0. The van der Waals surface area contributed by atoms with Gasteiger partial charge in [-0.2, -0.15) is 0 Å². The first-order valence-electron chi connectivity index (χ1n) is 8.95. The molecule has 1 aliphatic heterocycles. The van der Waals surface area contributed by atoms with Gasteiger partial charge >= 0.3 is 0 Å². The molecule has 1 heterocycles. The van der Waals surface area contributed by atoms with Gasteiger partial charge in [0.15, 0.2) is 11.5 Å². The number of rotatable bonds is 9. The van der Waals surface area contributed by atoms with Crippen molar-refractivity contribution in [3.63, 3.8) is 0 Å². The Morgan fingerprint density at radius 3 is 2.66 bits per heavy atom. The fourth-order valence-corrected chi connectivity index (χ4v) is 3.67. The quantitative estimate of drug-likeness (QED) is 0.479. The number of hydrogen-bond acceptors (Lipinski definition) is 6. The van der Waals surface area contributed by atoms with Crippen LogP contribution in [0.4, 0.5) is 5.69 Å². The van der Waals surface area contributed by atoms with E-state index in [-0.39, 0.29) is 17.6 Å². The molecule has 1 amide bonds. The van der Waals surface area contributed by atoms with Crippen molar-refractivity contribution in [2.75, 3.05) is 32.4 Å². The van der Waals surface area contributed by atoms with E-state index >= 15 is 0 Å². The maximum Gasteiger partial charge on any atom is 0.248 e. The first-order chi connectivity index (χ1) is 14.0. The second kappa shape index (κ2) is 9.55. The van der Waals surface area contributed by atoms with E-state index in [9.17, 15) is 13.2 Å². The first kappa shape index (κ1) is 20.8. The van der Waals surface area contributed by atoms with Gasteiger partial charge in [0, 0.05) is 32.0 Å². The minimum Gasteiger partial charge on any atom is -0.454 e. The van der Waals surface area contributed by atoms with Crippen molar-refractivity contribution in [3.05, 3.63) is 54.1 Å². The number of hydrogen-bond donors (Lipinski definition) is 2. The molecule has 0 unspecified atom stereocenters. The van der Waals surface area contributed by atoms with Crippen LogP contribution in [0, 0.1) is 0 Å². The van der Waals surface area contributed by atoms with Crippen LogP contribution >= 0.6 is 0 Å². The lowest BCUT2D eigenvalue weighted by molar-refractivity contribution is -0.111. The van der Waals surface area contributed by atoms with Gasteiger partial charge in [0.2, 0.25) is 22.7 Å². The Morgan fingerprint density at radius 1 is 1.14 bits per heavy atom. The number of sulfonamides is 1. The highest BCUT2D eigenvalue weighted by Crippen LogP contribution is 2.32. The lowest BCUT2D eigenvalue weighted by Crippen LogP contribution is -2.25. The van der Waals surface area contributed by atoms with Gasteiger partial charge in [-0.15, -0.1) is 0 Å². The second-order valence-electron chi connectivity index (χ2n) is 6.20. The van der Waals surface area contributed by atoms with E-state index in [1.807, 2.05) is 6.07 Å². The van der Waals surface area contributed by atoms with Gasteiger partial charge < -0.3 is 19.5 Å². The molecule has 8 nitrogen and oxygen atoms in total. The molecule has 9 heteroatoms. The number of methoxy groups -OCH3 is 1. The number of carbonyl (C=O) groups excluding carboxylic acids is 1. The van der Waals surface area contributed by atoms with Crippen LogP contribution in [-0.4, -0.2) is 41.4 Å². The van der Waals surface area contributed by atoms with Crippen molar-refractivity contribution in [1.29, 1.82) is 0 Å². The summed E-state index contributed by atoms with van der Waals surface area (Å²) in [5, 5.41) is 2.69. The number of fused-ring (bicyclic) bond motifs is 1. The molecule has 1 aliphatic rings. The average molecular weight is 418 g/mol. The van der Waals surface area contributed by atoms with Crippen LogP contribution in [0.5, 0.6) is 11.5 Å². The molecule has 0 spiro atoms. The number of ether oxygens (including phenoxy) is 3. The topological polar surface area (TPSA) is 103 Å². The molecule has 0 atom stereocenters. The second-order valence-corrected chi connectivity index (χ2v) is 7.97. The minimum atomic E-state index is -3.59. The maximum absolute atomic E-state index is 12.2. The van der Waals surface area contributed by atoms with Gasteiger partial charge in [-0.25, -0.2) is 13.1 Å². The summed E-state index contributed by atoms with van der Waals surface area (Å²) in [5.41, 5.74) is 1.29. The largest absolute Gasteiger partial charge is 0.454 e. The van der Waals surface area contributed by atoms with Crippen molar-refractivity contribution in [3.8, 4) is 11.5 Å². The third kappa shape index (κ3) is 5.80. The van der Waals surface area contributed by atoms with Crippen LogP contribution < -0.4 is 19.5 Å². The third-order valence-electron chi connectivity index (χ3n) is 4.07. The van der Waals surface area contributed by atoms with Gasteiger partial charge in [-0.05, 0) is 54.5 Å². The van der Waals surface area contributed by atoms with Crippen LogP contribution in [0.3, 0.4) is 0 Å². The molecule has 0 bridgehead atoms. The molecule has 2 aromatic carbocycles. The molecule has 2 aromatic rings. The Labute approximate surface area is 169 Å². The summed E-state index contributed by atoms with van der Waals surface area (Å²) in [7, 11) is -2.03. The van der Waals surface area contributed by atoms with Gasteiger partial charge in [-0.1, -0.05) is 6.07 Å². The molecule has 0 saturated heterocycles. The van der Waals surface area contributed by atoms with Crippen molar-refractivity contribution in [2.45, 2.75) is 11.3 Å². The van der Waals surface area contributed by atoms with Crippen molar-refractivity contribution in [2.24, 2.45) is 0 Å². The summed E-state index contributed by atoms with van der Waals surface area (Å²) in [4.78, 5) is 12.2. The fourth-order valence-electron chi connectivity index (χ4n) is 2.60. The summed E-state index contributed by atoms with van der Waals surface area (Å²) in [5.74, 6) is 0.978. The zero-order valence-corrected chi connectivity index (χ0v) is 16.7. The number of benzene rings is 2. The molecule has 3 rings (SSSR count). The zero-order chi connectivity index (χ0) is 20.7. The lowest BCUT2D eigenvalue weighted by atomic mass is 10.2. The van der Waals surface area contributed by atoms with E-state index in [0.29, 0.717) is 36.8 Å². The van der Waals surface area contributed by atoms with Crippen LogP contribution in [0.15, 0.2) is 53.4 Å². The molecule has 0 fully saturated rings. The SMILES string of the molecule is COCCCNS(=O)(=O)c1ccc(NC(=O)/C=C/c2ccc3c(c2)OCO3)cc1. The van der Waals surface area contributed by atoms with E-state index in [1.165, 1.54) is 30.3 Å².